The van der Waals surface area contributed by atoms with E-state index < -0.39 is 15.7 Å². The number of nitrogens with one attached hydrogen (secondary N) is 1. The Morgan fingerprint density at radius 2 is 1.86 bits per heavy atom. The molecule has 8 nitrogen and oxygen atoms in total. The Kier molecular flexibility index (Phi) is 5.85. The molecule has 0 aliphatic rings. The van der Waals surface area contributed by atoms with Crippen LogP contribution >= 0.6 is 0 Å². The van der Waals surface area contributed by atoms with Crippen molar-refractivity contribution in [1.82, 2.24) is 19.1 Å². The highest BCUT2D eigenvalue weighted by Gasteiger charge is 2.20. The molecule has 0 spiro atoms. The molecule has 0 bridgehead atoms. The summed E-state index contributed by atoms with van der Waals surface area (Å²) < 4.78 is 48.4. The highest BCUT2D eigenvalue weighted by atomic mass is 32.2. The Labute approximate surface area is 167 Å². The van der Waals surface area contributed by atoms with Crippen LogP contribution in [0.1, 0.15) is 5.56 Å². The summed E-state index contributed by atoms with van der Waals surface area (Å²) in [5.74, 6) is 0.203. The molecule has 1 aromatic heterocycles. The summed E-state index contributed by atoms with van der Waals surface area (Å²) in [5.41, 5.74) is 0.947. The molecule has 0 atom stereocenters. The lowest BCUT2D eigenvalue weighted by atomic mass is 10.2. The second kappa shape index (κ2) is 8.18. The lowest BCUT2D eigenvalue weighted by Crippen LogP contribution is -2.32. The minimum Gasteiger partial charge on any atom is -0.495 e. The fourth-order valence-corrected chi connectivity index (χ4v) is 4.11. The van der Waals surface area contributed by atoms with Crippen molar-refractivity contribution in [1.29, 1.82) is 0 Å². The van der Waals surface area contributed by atoms with Gasteiger partial charge in [0.15, 0.2) is 5.82 Å². The van der Waals surface area contributed by atoms with Gasteiger partial charge >= 0.3 is 5.69 Å². The van der Waals surface area contributed by atoms with Gasteiger partial charge in [-0.3, -0.25) is 4.57 Å². The Balaban J connectivity index is 1.77. The number of hydrogen-bond acceptors (Lipinski definition) is 5. The fourth-order valence-electron chi connectivity index (χ4n) is 2.84. The number of rotatable bonds is 7. The molecule has 154 valence electrons. The fraction of sp³-hybridized carbons (Fsp3) is 0.263. The molecule has 0 aliphatic heterocycles. The molecular formula is C19H21FN4O4S. The molecule has 0 radical (unpaired) electrons. The van der Waals surface area contributed by atoms with E-state index in [1.807, 2.05) is 0 Å². The number of aromatic nitrogens is 3. The van der Waals surface area contributed by atoms with Crippen LogP contribution < -0.4 is 15.1 Å². The average molecular weight is 420 g/mol. The van der Waals surface area contributed by atoms with Gasteiger partial charge in [-0.15, -0.1) is 5.10 Å². The van der Waals surface area contributed by atoms with E-state index in [0.717, 1.165) is 10.2 Å². The van der Waals surface area contributed by atoms with E-state index in [2.05, 4.69) is 9.82 Å². The number of aryl methyl sites for hydroxylation is 1. The van der Waals surface area contributed by atoms with Crippen LogP contribution in [0.15, 0.2) is 52.2 Å². The third-order valence-corrected chi connectivity index (χ3v) is 5.85. The maximum Gasteiger partial charge on any atom is 0.345 e. The molecule has 1 N–H and O–H groups in total. The van der Waals surface area contributed by atoms with Crippen LogP contribution in [0, 0.1) is 12.7 Å². The van der Waals surface area contributed by atoms with Crippen molar-refractivity contribution in [2.24, 2.45) is 7.05 Å². The first-order chi connectivity index (χ1) is 13.7. The van der Waals surface area contributed by atoms with Crippen molar-refractivity contribution in [3.8, 4) is 17.1 Å². The Hall–Kier alpha value is -2.98. The predicted octanol–water partition coefficient (Wildman–Crippen LogP) is 1.68. The summed E-state index contributed by atoms with van der Waals surface area (Å²) in [7, 11) is -0.891. The monoisotopic (exact) mass is 420 g/mol. The van der Waals surface area contributed by atoms with Gasteiger partial charge in [0.05, 0.1) is 13.7 Å². The van der Waals surface area contributed by atoms with Crippen LogP contribution in [0.3, 0.4) is 0 Å². The number of ether oxygens (including phenoxy) is 1. The molecule has 29 heavy (non-hydrogen) atoms. The third kappa shape index (κ3) is 4.38. The zero-order chi connectivity index (χ0) is 21.2. The number of nitrogens with zero attached hydrogens (tertiary/aromatic N) is 3. The molecule has 0 saturated carbocycles. The highest BCUT2D eigenvalue weighted by molar-refractivity contribution is 7.89. The van der Waals surface area contributed by atoms with E-state index in [0.29, 0.717) is 11.4 Å². The number of methoxy groups -OCH3 is 1. The number of sulfonamides is 1. The standard InChI is InChI=1S/C19H21FN4O4S/c1-13-4-9-16(28-3)17(12-13)29(26,27)21-10-11-24-19(25)23(2)18(22-24)14-5-7-15(20)8-6-14/h4-9,12,21H,10-11H2,1-3H3. The maximum atomic E-state index is 13.1. The van der Waals surface area contributed by atoms with E-state index in [9.17, 15) is 17.6 Å². The van der Waals surface area contributed by atoms with Crippen LogP contribution in [-0.2, 0) is 23.6 Å². The largest absolute Gasteiger partial charge is 0.495 e. The van der Waals surface area contributed by atoms with E-state index in [1.54, 1.807) is 26.1 Å². The van der Waals surface area contributed by atoms with Gasteiger partial charge in [-0.2, -0.15) is 0 Å². The van der Waals surface area contributed by atoms with Crippen LogP contribution in [0.2, 0.25) is 0 Å². The third-order valence-electron chi connectivity index (χ3n) is 4.37. The maximum absolute atomic E-state index is 13.1. The molecule has 10 heteroatoms. The normalized spacial score (nSPS) is 11.6. The summed E-state index contributed by atoms with van der Waals surface area (Å²) in [5, 5.41) is 4.23. The first kappa shape index (κ1) is 20.7. The van der Waals surface area contributed by atoms with Gasteiger partial charge in [-0.25, -0.2) is 27.0 Å². The minimum atomic E-state index is -3.84. The summed E-state index contributed by atoms with van der Waals surface area (Å²) in [4.78, 5) is 12.4. The van der Waals surface area contributed by atoms with Crippen LogP contribution in [0.25, 0.3) is 11.4 Å². The number of benzene rings is 2. The van der Waals surface area contributed by atoms with Gasteiger partial charge < -0.3 is 4.74 Å². The van der Waals surface area contributed by atoms with Gasteiger partial charge in [0.2, 0.25) is 10.0 Å². The van der Waals surface area contributed by atoms with Gasteiger partial charge in [-0.1, -0.05) is 6.07 Å². The molecule has 3 aromatic rings. The quantitative estimate of drug-likeness (QED) is 0.628. The van der Waals surface area contributed by atoms with Crippen molar-refractivity contribution >= 4 is 10.0 Å². The van der Waals surface area contributed by atoms with Crippen molar-refractivity contribution in [2.45, 2.75) is 18.4 Å². The predicted molar refractivity (Wildman–Crippen MR) is 106 cm³/mol. The highest BCUT2D eigenvalue weighted by Crippen LogP contribution is 2.24. The number of hydrogen-bond donors (Lipinski definition) is 1. The number of halogens is 1. The lowest BCUT2D eigenvalue weighted by molar-refractivity contribution is 0.402. The molecule has 3 rings (SSSR count). The first-order valence-electron chi connectivity index (χ1n) is 8.77. The average Bonchev–Trinajstić information content (AvgIpc) is 2.97. The van der Waals surface area contributed by atoms with Crippen LogP contribution in [0.4, 0.5) is 4.39 Å². The SMILES string of the molecule is COc1ccc(C)cc1S(=O)(=O)NCCn1nc(-c2ccc(F)cc2)n(C)c1=O. The van der Waals surface area contributed by atoms with Crippen molar-refractivity contribution in [2.75, 3.05) is 13.7 Å². The molecule has 0 saturated heterocycles. The van der Waals surface area contributed by atoms with Gasteiger partial charge in [0, 0.05) is 19.2 Å². The molecule has 0 unspecified atom stereocenters. The van der Waals surface area contributed by atoms with Gasteiger partial charge in [-0.05, 0) is 48.9 Å². The van der Waals surface area contributed by atoms with Gasteiger partial charge in [0.25, 0.3) is 0 Å². The molecule has 0 amide bonds. The minimum absolute atomic E-state index is 0.0281. The van der Waals surface area contributed by atoms with E-state index in [-0.39, 0.29) is 29.6 Å². The summed E-state index contributed by atoms with van der Waals surface area (Å²) in [6.45, 7) is 1.77. The van der Waals surface area contributed by atoms with Crippen molar-refractivity contribution in [3.63, 3.8) is 0 Å². The Morgan fingerprint density at radius 3 is 2.52 bits per heavy atom. The summed E-state index contributed by atoms with van der Waals surface area (Å²) in [6.07, 6.45) is 0. The molecule has 0 fully saturated rings. The van der Waals surface area contributed by atoms with E-state index in [1.165, 1.54) is 42.0 Å². The molecule has 0 aliphatic carbocycles. The molecule has 2 aromatic carbocycles. The second-order valence-electron chi connectivity index (χ2n) is 6.45. The Morgan fingerprint density at radius 1 is 1.17 bits per heavy atom. The van der Waals surface area contributed by atoms with E-state index >= 15 is 0 Å². The molecule has 1 heterocycles. The lowest BCUT2D eigenvalue weighted by Gasteiger charge is -2.11. The molecular weight excluding hydrogens is 399 g/mol. The summed E-state index contributed by atoms with van der Waals surface area (Å²) >= 11 is 0. The van der Waals surface area contributed by atoms with Crippen molar-refractivity contribution < 1.29 is 17.5 Å². The van der Waals surface area contributed by atoms with Gasteiger partial charge in [0.1, 0.15) is 16.5 Å². The van der Waals surface area contributed by atoms with Crippen LogP contribution in [0.5, 0.6) is 5.75 Å². The smallest absolute Gasteiger partial charge is 0.345 e. The topological polar surface area (TPSA) is 95.2 Å². The van der Waals surface area contributed by atoms with E-state index in [4.69, 9.17) is 4.74 Å². The summed E-state index contributed by atoms with van der Waals surface area (Å²) in [6, 6.07) is 10.5. The first-order valence-corrected chi connectivity index (χ1v) is 10.3. The second-order valence-corrected chi connectivity index (χ2v) is 8.18. The zero-order valence-corrected chi connectivity index (χ0v) is 17.0. The zero-order valence-electron chi connectivity index (χ0n) is 16.2. The Bertz CT molecular complexity index is 1180. The van der Waals surface area contributed by atoms with Crippen molar-refractivity contribution in [3.05, 3.63) is 64.3 Å². The van der Waals surface area contributed by atoms with Crippen LogP contribution in [-0.4, -0.2) is 36.4 Å².